The van der Waals surface area contributed by atoms with Crippen molar-refractivity contribution in [3.05, 3.63) is 80.9 Å². The van der Waals surface area contributed by atoms with Crippen LogP contribution in [-0.4, -0.2) is 33.0 Å². The Balaban J connectivity index is 0.000000568. The van der Waals surface area contributed by atoms with Gasteiger partial charge in [0.2, 0.25) is 5.91 Å². The fourth-order valence-corrected chi connectivity index (χ4v) is 3.77. The van der Waals surface area contributed by atoms with E-state index in [2.05, 4.69) is 5.32 Å². The number of benzene rings is 1. The molecule has 1 aromatic carbocycles. The molecule has 0 saturated heterocycles. The molecule has 3 aliphatic carbocycles. The fraction of sp³-hybridized carbons (Fsp3) is 0.240. The number of anilines is 1. The summed E-state index contributed by atoms with van der Waals surface area (Å²) in [6.45, 7) is 1.83. The molecule has 0 spiro atoms. The number of carbonyl (C=O) groups excluding carboxylic acids is 2. The average molecular weight is 491 g/mol. The van der Waals surface area contributed by atoms with Gasteiger partial charge in [0, 0.05) is 11.8 Å². The summed E-state index contributed by atoms with van der Waals surface area (Å²) in [5.41, 5.74) is -1.44. The first-order chi connectivity index (χ1) is 15.2. The van der Waals surface area contributed by atoms with Crippen LogP contribution >= 0.6 is 0 Å². The molecule has 3 aliphatic rings. The summed E-state index contributed by atoms with van der Waals surface area (Å²) < 4.78 is 0. The molecule has 3 saturated carbocycles. The Hall–Kier alpha value is -2.05. The molecule has 172 valence electrons. The number of nitrogens with one attached hydrogen (secondary N) is 1. The minimum Gasteiger partial charge on any atom is -0.506 e. The number of phenolic OH excluding ortho intramolecular Hbond substituents is 1. The molecule has 1 atom stereocenters. The number of carbonyl (C=O) groups is 3. The third-order valence-electron chi connectivity index (χ3n) is 5.76. The number of rotatable bonds is 5. The van der Waals surface area contributed by atoms with Crippen LogP contribution in [0.1, 0.15) is 43.0 Å². The van der Waals surface area contributed by atoms with E-state index >= 15 is 0 Å². The van der Waals surface area contributed by atoms with Gasteiger partial charge in [0.05, 0.1) is 5.92 Å². The van der Waals surface area contributed by atoms with E-state index in [1.807, 2.05) is 51.9 Å². The van der Waals surface area contributed by atoms with Gasteiger partial charge < -0.3 is 20.6 Å². The number of aromatic hydroxyl groups is 2. The van der Waals surface area contributed by atoms with E-state index in [0.29, 0.717) is 18.8 Å². The van der Waals surface area contributed by atoms with Crippen molar-refractivity contribution in [1.29, 1.82) is 0 Å². The number of carboxylic acid groups (broad SMARTS) is 1. The quantitative estimate of drug-likeness (QED) is 0.368. The predicted molar refractivity (Wildman–Crippen MR) is 118 cm³/mol. The van der Waals surface area contributed by atoms with Crippen LogP contribution in [0, 0.1) is 68.6 Å². The SMILES string of the molecule is C[C@]1(CCC(=O)Nc2c(O)ccc(C(=O)O)c2O)CC[C]2[CH][CH][CH][C]2C1=O.[CH]1[CH][CH][CH][CH]1.[Fe+2]. The van der Waals surface area contributed by atoms with Crippen molar-refractivity contribution in [3.8, 4) is 11.5 Å². The first-order valence-corrected chi connectivity index (χ1v) is 10.3. The zero-order valence-corrected chi connectivity index (χ0v) is 19.1. The van der Waals surface area contributed by atoms with Gasteiger partial charge in [0.1, 0.15) is 22.8 Å². The first-order valence-electron chi connectivity index (χ1n) is 10.3. The van der Waals surface area contributed by atoms with Gasteiger partial charge in [-0.05, 0) is 88.7 Å². The Labute approximate surface area is 205 Å². The maximum Gasteiger partial charge on any atom is 2.00 e. The van der Waals surface area contributed by atoms with Crippen molar-refractivity contribution in [2.75, 3.05) is 5.32 Å². The zero-order chi connectivity index (χ0) is 23.3. The number of hydrogen-bond acceptors (Lipinski definition) is 5. The van der Waals surface area contributed by atoms with Crippen molar-refractivity contribution < 1.29 is 46.8 Å². The third kappa shape index (κ3) is 6.51. The van der Waals surface area contributed by atoms with E-state index in [4.69, 9.17) is 5.11 Å². The van der Waals surface area contributed by atoms with Gasteiger partial charge in [-0.2, -0.15) is 0 Å². The molecule has 0 unspecified atom stereocenters. The summed E-state index contributed by atoms with van der Waals surface area (Å²) in [5.74, 6) is -1.31. The van der Waals surface area contributed by atoms with Gasteiger partial charge in [0.25, 0.3) is 0 Å². The summed E-state index contributed by atoms with van der Waals surface area (Å²) in [4.78, 5) is 36.1. The van der Waals surface area contributed by atoms with E-state index in [1.165, 1.54) is 0 Å². The molecule has 0 heterocycles. The minimum atomic E-state index is -1.38. The minimum absolute atomic E-state index is 0. The van der Waals surface area contributed by atoms with Crippen LogP contribution in [0.2, 0.25) is 0 Å². The predicted octanol–water partition coefficient (Wildman–Crippen LogP) is 3.68. The van der Waals surface area contributed by atoms with Gasteiger partial charge in [-0.15, -0.1) is 0 Å². The summed E-state index contributed by atoms with van der Waals surface area (Å²) in [7, 11) is 0. The molecule has 4 N–H and O–H groups in total. The van der Waals surface area contributed by atoms with E-state index < -0.39 is 34.4 Å². The van der Waals surface area contributed by atoms with Crippen molar-refractivity contribution in [2.24, 2.45) is 5.41 Å². The Bertz CT molecular complexity index is 861. The molecule has 0 aliphatic heterocycles. The number of Topliss-reactive ketones (excluding diaryl/α,β-unsaturated/α-hetero) is 1. The van der Waals surface area contributed by atoms with Crippen LogP contribution in [0.4, 0.5) is 5.69 Å². The molecular formula is C25H25FeNO6+2. The van der Waals surface area contributed by atoms with Crippen molar-refractivity contribution in [3.63, 3.8) is 0 Å². The summed E-state index contributed by atoms with van der Waals surface area (Å²) in [6, 6.07) is 2.13. The van der Waals surface area contributed by atoms with Gasteiger partial charge in [-0.25, -0.2) is 4.79 Å². The molecular weight excluding hydrogens is 466 g/mol. The number of amides is 1. The topological polar surface area (TPSA) is 124 Å². The second-order valence-corrected chi connectivity index (χ2v) is 8.03. The van der Waals surface area contributed by atoms with Crippen LogP contribution in [0.5, 0.6) is 11.5 Å². The Morgan fingerprint density at radius 1 is 1.03 bits per heavy atom. The molecule has 0 aromatic heterocycles. The summed E-state index contributed by atoms with van der Waals surface area (Å²) in [5, 5.41) is 31.2. The molecule has 1 aromatic rings. The summed E-state index contributed by atoms with van der Waals surface area (Å²) in [6.07, 6.45) is 17.3. The first kappa shape index (κ1) is 27.2. The molecule has 10 radical (unpaired) electrons. The number of ketones is 1. The maximum absolute atomic E-state index is 12.7. The van der Waals surface area contributed by atoms with Crippen LogP contribution in [0.25, 0.3) is 0 Å². The zero-order valence-electron chi connectivity index (χ0n) is 18.0. The third-order valence-corrected chi connectivity index (χ3v) is 5.76. The van der Waals surface area contributed by atoms with Gasteiger partial charge in [-0.3, -0.25) is 9.59 Å². The van der Waals surface area contributed by atoms with E-state index in [0.717, 1.165) is 24.5 Å². The van der Waals surface area contributed by atoms with Crippen LogP contribution < -0.4 is 5.32 Å². The van der Waals surface area contributed by atoms with Gasteiger partial charge in [-0.1, -0.05) is 6.92 Å². The number of hydrogen-bond donors (Lipinski definition) is 4. The largest absolute Gasteiger partial charge is 2.00 e. The Morgan fingerprint density at radius 2 is 1.67 bits per heavy atom. The number of carboxylic acids is 1. The van der Waals surface area contributed by atoms with E-state index in [-0.39, 0.29) is 35.0 Å². The standard InChI is InChI=1S/C20H20NO6.C5H5.Fe/c1-20(9-7-11-3-2-4-12(11)18(20)25)10-8-15(23)21-16-14(22)6-5-13(17(16)24)19(26)27;1-2-4-5-3-1;/h2-6,22,24H,7-10H2,1H3,(H,21,23)(H,26,27);1-5H;/q;;+2/t20-;;/m1../s1. The number of aromatic carboxylic acids is 1. The van der Waals surface area contributed by atoms with Crippen LogP contribution in [0.15, 0.2) is 12.1 Å². The molecule has 33 heavy (non-hydrogen) atoms. The maximum atomic E-state index is 12.7. The molecule has 8 heteroatoms. The molecule has 3 fully saturated rings. The normalized spacial score (nSPS) is 22.6. The second-order valence-electron chi connectivity index (χ2n) is 8.03. The number of phenols is 2. The van der Waals surface area contributed by atoms with Crippen molar-refractivity contribution in [1.82, 2.24) is 0 Å². The average Bonchev–Trinajstić information content (AvgIpc) is 3.47. The van der Waals surface area contributed by atoms with Crippen molar-refractivity contribution in [2.45, 2.75) is 32.6 Å². The molecule has 7 nitrogen and oxygen atoms in total. The van der Waals surface area contributed by atoms with Crippen LogP contribution in [0.3, 0.4) is 0 Å². The Kier molecular flexibility index (Phi) is 9.80. The van der Waals surface area contributed by atoms with Crippen molar-refractivity contribution >= 4 is 23.3 Å². The van der Waals surface area contributed by atoms with Gasteiger partial charge >= 0.3 is 23.0 Å². The van der Waals surface area contributed by atoms with Gasteiger partial charge in [0.15, 0.2) is 5.75 Å². The van der Waals surface area contributed by atoms with E-state index in [9.17, 15) is 24.6 Å². The molecule has 4 rings (SSSR count). The smallest absolute Gasteiger partial charge is 0.506 e. The summed E-state index contributed by atoms with van der Waals surface area (Å²) >= 11 is 0. The number of fused-ring (bicyclic) bond motifs is 1. The van der Waals surface area contributed by atoms with E-state index in [1.54, 1.807) is 6.42 Å². The second kappa shape index (κ2) is 11.9. The molecule has 0 bridgehead atoms. The molecule has 1 amide bonds. The van der Waals surface area contributed by atoms with Crippen LogP contribution in [-0.2, 0) is 26.7 Å². The fourth-order valence-electron chi connectivity index (χ4n) is 3.77. The monoisotopic (exact) mass is 491 g/mol. The Morgan fingerprint density at radius 3 is 2.27 bits per heavy atom.